The van der Waals surface area contributed by atoms with Gasteiger partial charge in [-0.1, -0.05) is 19.9 Å². The summed E-state index contributed by atoms with van der Waals surface area (Å²) >= 11 is 0. The van der Waals surface area contributed by atoms with Crippen LogP contribution in [0.4, 0.5) is 10.5 Å². The molecule has 0 aliphatic rings. The number of hydrogen-bond donors (Lipinski definition) is 2. The third-order valence-electron chi connectivity index (χ3n) is 1.86. The van der Waals surface area contributed by atoms with Crippen LogP contribution in [0, 0.1) is 12.8 Å². The second-order valence-electron chi connectivity index (χ2n) is 3.89. The number of hydrogen-bond acceptors (Lipinski definition) is 2. The number of rotatable bonds is 3. The number of carbonyl (C=O) groups is 1. The van der Waals surface area contributed by atoms with Gasteiger partial charge in [-0.15, -0.1) is 0 Å². The van der Waals surface area contributed by atoms with E-state index in [4.69, 9.17) is 0 Å². The van der Waals surface area contributed by atoms with Crippen molar-refractivity contribution in [3.8, 4) is 0 Å². The van der Waals surface area contributed by atoms with Crippen molar-refractivity contribution >= 4 is 11.7 Å². The van der Waals surface area contributed by atoms with Crippen LogP contribution in [-0.2, 0) is 0 Å². The number of nitrogens with one attached hydrogen (secondary N) is 2. The smallest absolute Gasteiger partial charge is 0.315 e. The largest absolute Gasteiger partial charge is 0.323 e. The van der Waals surface area contributed by atoms with Crippen LogP contribution in [0.3, 0.4) is 0 Å². The van der Waals surface area contributed by atoms with Crippen LogP contribution in [-0.4, -0.2) is 11.0 Å². The Morgan fingerprint density at radius 1 is 1.44 bits per heavy atom. The van der Waals surface area contributed by atoms with E-state index in [0.29, 0.717) is 11.6 Å². The molecule has 0 aromatic carbocycles. The number of nitrogens with zero attached hydrogens (tertiary/aromatic N) is 1. The monoisotopic (exact) mass is 219 g/mol. The van der Waals surface area contributed by atoms with Crippen LogP contribution in [0.1, 0.15) is 19.5 Å². The van der Waals surface area contributed by atoms with Crippen LogP contribution in [0.2, 0.25) is 0 Å². The Labute approximate surface area is 95.8 Å². The lowest BCUT2D eigenvalue weighted by Gasteiger charge is -2.04. The van der Waals surface area contributed by atoms with Crippen molar-refractivity contribution in [1.29, 1.82) is 0 Å². The number of amides is 2. The summed E-state index contributed by atoms with van der Waals surface area (Å²) in [6.07, 6.45) is 5.18. The molecule has 0 atom stereocenters. The predicted octanol–water partition coefficient (Wildman–Crippen LogP) is 2.68. The fraction of sp³-hybridized carbons (Fsp3) is 0.333. The molecular formula is C12H17N3O. The number of aromatic nitrogens is 1. The van der Waals surface area contributed by atoms with Crippen molar-refractivity contribution in [3.05, 3.63) is 36.3 Å². The molecule has 4 heteroatoms. The van der Waals surface area contributed by atoms with Crippen molar-refractivity contribution in [1.82, 2.24) is 10.3 Å². The lowest BCUT2D eigenvalue weighted by Crippen LogP contribution is -2.24. The quantitative estimate of drug-likeness (QED) is 0.821. The highest BCUT2D eigenvalue weighted by Gasteiger charge is 1.98. The predicted molar refractivity (Wildman–Crippen MR) is 65.1 cm³/mol. The molecule has 2 amide bonds. The summed E-state index contributed by atoms with van der Waals surface area (Å²) in [6, 6.07) is 3.40. The first kappa shape index (κ1) is 12.2. The highest BCUT2D eigenvalue weighted by molar-refractivity contribution is 5.89. The zero-order valence-electron chi connectivity index (χ0n) is 9.82. The number of anilines is 1. The van der Waals surface area contributed by atoms with E-state index < -0.39 is 0 Å². The van der Waals surface area contributed by atoms with E-state index in [1.807, 2.05) is 39.0 Å². The molecule has 1 rings (SSSR count). The summed E-state index contributed by atoms with van der Waals surface area (Å²) in [5, 5.41) is 5.30. The molecule has 0 radical (unpaired) electrons. The van der Waals surface area contributed by atoms with Gasteiger partial charge in [0, 0.05) is 11.9 Å². The van der Waals surface area contributed by atoms with Gasteiger partial charge in [0.15, 0.2) is 0 Å². The van der Waals surface area contributed by atoms with Crippen LogP contribution in [0.5, 0.6) is 0 Å². The maximum absolute atomic E-state index is 11.4. The van der Waals surface area contributed by atoms with E-state index in [2.05, 4.69) is 15.6 Å². The molecule has 0 bridgehead atoms. The second kappa shape index (κ2) is 5.90. The first-order valence-corrected chi connectivity index (χ1v) is 5.25. The second-order valence-corrected chi connectivity index (χ2v) is 3.89. The lowest BCUT2D eigenvalue weighted by molar-refractivity contribution is 0.255. The Morgan fingerprint density at radius 3 is 2.75 bits per heavy atom. The zero-order valence-corrected chi connectivity index (χ0v) is 9.82. The molecule has 16 heavy (non-hydrogen) atoms. The van der Waals surface area contributed by atoms with Crippen molar-refractivity contribution in [3.63, 3.8) is 0 Å². The molecule has 1 aromatic heterocycles. The zero-order chi connectivity index (χ0) is 12.0. The molecule has 0 saturated carbocycles. The summed E-state index contributed by atoms with van der Waals surface area (Å²) < 4.78 is 0. The van der Waals surface area contributed by atoms with Gasteiger partial charge in [-0.25, -0.2) is 4.79 Å². The molecule has 0 aliphatic carbocycles. The van der Waals surface area contributed by atoms with Gasteiger partial charge < -0.3 is 10.6 Å². The summed E-state index contributed by atoms with van der Waals surface area (Å²) in [5.41, 5.74) is 1.60. The van der Waals surface area contributed by atoms with E-state index in [-0.39, 0.29) is 6.03 Å². The van der Waals surface area contributed by atoms with Gasteiger partial charge in [-0.2, -0.15) is 0 Å². The Bertz CT molecular complexity index is 368. The van der Waals surface area contributed by atoms with Crippen LogP contribution in [0.15, 0.2) is 30.6 Å². The third-order valence-corrected chi connectivity index (χ3v) is 1.86. The standard InChI is InChI=1S/C12H17N3O/c1-9(2)6-7-13-12(16)15-11-5-4-10(3)14-8-11/h4-9H,1-3H3,(H2,13,15,16)/b7-6+. The summed E-state index contributed by atoms with van der Waals surface area (Å²) in [7, 11) is 0. The highest BCUT2D eigenvalue weighted by Crippen LogP contribution is 2.04. The molecule has 0 fully saturated rings. The van der Waals surface area contributed by atoms with Crippen LogP contribution < -0.4 is 10.6 Å². The van der Waals surface area contributed by atoms with Gasteiger partial charge in [0.1, 0.15) is 0 Å². The normalized spacial score (nSPS) is 10.8. The number of allylic oxidation sites excluding steroid dienone is 1. The first-order valence-electron chi connectivity index (χ1n) is 5.25. The molecule has 0 unspecified atom stereocenters. The van der Waals surface area contributed by atoms with Gasteiger partial charge >= 0.3 is 6.03 Å². The van der Waals surface area contributed by atoms with E-state index in [1.165, 1.54) is 0 Å². The molecule has 2 N–H and O–H groups in total. The average molecular weight is 219 g/mol. The molecular weight excluding hydrogens is 202 g/mol. The Morgan fingerprint density at radius 2 is 2.19 bits per heavy atom. The van der Waals surface area contributed by atoms with Gasteiger partial charge in [-0.3, -0.25) is 4.98 Å². The minimum absolute atomic E-state index is 0.262. The van der Waals surface area contributed by atoms with Crippen molar-refractivity contribution in [2.75, 3.05) is 5.32 Å². The fourth-order valence-corrected chi connectivity index (χ4v) is 1.03. The van der Waals surface area contributed by atoms with Crippen LogP contribution >= 0.6 is 0 Å². The molecule has 4 nitrogen and oxygen atoms in total. The van der Waals surface area contributed by atoms with Crippen LogP contribution in [0.25, 0.3) is 0 Å². The number of pyridine rings is 1. The number of aryl methyl sites for hydroxylation is 1. The van der Waals surface area contributed by atoms with Crippen molar-refractivity contribution in [2.45, 2.75) is 20.8 Å². The van der Waals surface area contributed by atoms with E-state index in [1.54, 1.807) is 12.4 Å². The molecule has 86 valence electrons. The number of urea groups is 1. The average Bonchev–Trinajstić information content (AvgIpc) is 2.21. The Hall–Kier alpha value is -1.84. The van der Waals surface area contributed by atoms with Gasteiger partial charge in [0.05, 0.1) is 11.9 Å². The lowest BCUT2D eigenvalue weighted by atomic mass is 10.2. The van der Waals surface area contributed by atoms with Crippen molar-refractivity contribution < 1.29 is 4.79 Å². The maximum Gasteiger partial charge on any atom is 0.323 e. The van der Waals surface area contributed by atoms with E-state index >= 15 is 0 Å². The summed E-state index contributed by atoms with van der Waals surface area (Å²) in [6.45, 7) is 5.98. The molecule has 0 aliphatic heterocycles. The van der Waals surface area contributed by atoms with Crippen molar-refractivity contribution in [2.24, 2.45) is 5.92 Å². The molecule has 0 saturated heterocycles. The fourth-order valence-electron chi connectivity index (χ4n) is 1.03. The van der Waals surface area contributed by atoms with Gasteiger partial charge in [0.2, 0.25) is 0 Å². The third kappa shape index (κ3) is 4.59. The topological polar surface area (TPSA) is 54.0 Å². The summed E-state index contributed by atoms with van der Waals surface area (Å²) in [4.78, 5) is 15.5. The first-order chi connectivity index (χ1) is 7.58. The summed E-state index contributed by atoms with van der Waals surface area (Å²) in [5.74, 6) is 0.418. The maximum atomic E-state index is 11.4. The van der Waals surface area contributed by atoms with E-state index in [9.17, 15) is 4.79 Å². The minimum Gasteiger partial charge on any atom is -0.315 e. The highest BCUT2D eigenvalue weighted by atomic mass is 16.2. The molecule has 0 spiro atoms. The van der Waals surface area contributed by atoms with Gasteiger partial charge in [-0.05, 0) is 25.0 Å². The Balaban J connectivity index is 2.43. The number of carbonyl (C=O) groups excluding carboxylic acids is 1. The SMILES string of the molecule is Cc1ccc(NC(=O)N/C=C/C(C)C)cn1. The Kier molecular flexibility index (Phi) is 4.51. The minimum atomic E-state index is -0.262. The molecule has 1 heterocycles. The molecule has 1 aromatic rings. The van der Waals surface area contributed by atoms with Gasteiger partial charge in [0.25, 0.3) is 0 Å². The van der Waals surface area contributed by atoms with E-state index in [0.717, 1.165) is 5.69 Å².